The van der Waals surface area contributed by atoms with E-state index in [4.69, 9.17) is 10.5 Å². The first kappa shape index (κ1) is 21.8. The lowest BCUT2D eigenvalue weighted by Crippen LogP contribution is -2.14. The van der Waals surface area contributed by atoms with E-state index < -0.39 is 23.7 Å². The fourth-order valence-electron chi connectivity index (χ4n) is 2.60. The highest BCUT2D eigenvalue weighted by Crippen LogP contribution is 2.27. The van der Waals surface area contributed by atoms with Crippen LogP contribution in [0.3, 0.4) is 0 Å². The molecule has 7 nitrogen and oxygen atoms in total. The van der Waals surface area contributed by atoms with Gasteiger partial charge in [-0.05, 0) is 48.4 Å². The third-order valence-corrected chi connectivity index (χ3v) is 4.32. The number of anilines is 1. The molecule has 2 heterocycles. The van der Waals surface area contributed by atoms with Crippen LogP contribution in [0.1, 0.15) is 37.5 Å². The molecule has 1 aromatic carbocycles. The van der Waals surface area contributed by atoms with Gasteiger partial charge in [0.25, 0.3) is 5.91 Å². The zero-order chi connectivity index (χ0) is 22.6. The number of rotatable bonds is 6. The van der Waals surface area contributed by atoms with Crippen LogP contribution in [0.2, 0.25) is 0 Å². The molecule has 0 unspecified atom stereocenters. The van der Waals surface area contributed by atoms with Crippen LogP contribution in [0, 0.1) is 6.92 Å². The summed E-state index contributed by atoms with van der Waals surface area (Å²) < 4.78 is 43.5. The molecule has 0 aliphatic carbocycles. The lowest BCUT2D eigenvalue weighted by molar-refractivity contribution is -0.141. The van der Waals surface area contributed by atoms with E-state index >= 15 is 0 Å². The van der Waals surface area contributed by atoms with E-state index in [0.717, 1.165) is 29.5 Å². The number of aryl methyl sites for hydroxylation is 1. The number of aromatic nitrogens is 2. The molecule has 0 saturated carbocycles. The van der Waals surface area contributed by atoms with Crippen molar-refractivity contribution in [1.82, 2.24) is 9.97 Å². The second-order valence-corrected chi connectivity index (χ2v) is 6.59. The third kappa shape index (κ3) is 5.56. The third-order valence-electron chi connectivity index (χ3n) is 4.32. The lowest BCUT2D eigenvalue weighted by atomic mass is 10.1. The van der Waals surface area contributed by atoms with Crippen molar-refractivity contribution >= 4 is 17.5 Å². The maximum Gasteiger partial charge on any atom is 0.433 e. The molecule has 3 N–H and O–H groups in total. The number of halogens is 3. The molecule has 0 saturated heterocycles. The molecule has 3 aromatic rings. The number of benzene rings is 1. The highest BCUT2D eigenvalue weighted by Gasteiger charge is 2.32. The zero-order valence-corrected chi connectivity index (χ0v) is 16.2. The van der Waals surface area contributed by atoms with E-state index in [0.29, 0.717) is 11.4 Å². The molecule has 0 atom stereocenters. The maximum atomic E-state index is 12.6. The molecule has 10 heteroatoms. The van der Waals surface area contributed by atoms with Crippen LogP contribution in [0.4, 0.5) is 18.9 Å². The van der Waals surface area contributed by atoms with Crippen LogP contribution in [-0.4, -0.2) is 21.8 Å². The Hall–Kier alpha value is -3.95. The summed E-state index contributed by atoms with van der Waals surface area (Å²) in [6.45, 7) is 1.98. The first-order valence-corrected chi connectivity index (χ1v) is 8.95. The van der Waals surface area contributed by atoms with Gasteiger partial charge in [-0.3, -0.25) is 19.6 Å². The van der Waals surface area contributed by atoms with E-state index in [-0.39, 0.29) is 17.7 Å². The molecule has 160 valence electrons. The second-order valence-electron chi connectivity index (χ2n) is 6.59. The van der Waals surface area contributed by atoms with E-state index in [1.165, 1.54) is 18.5 Å². The molecule has 0 fully saturated rings. The number of carbonyl (C=O) groups is 2. The van der Waals surface area contributed by atoms with Crippen LogP contribution in [-0.2, 0) is 12.8 Å². The first-order valence-electron chi connectivity index (χ1n) is 8.95. The standard InChI is InChI=1S/C21H17F3N4O3/c1-12-2-4-16(28-20(30)13-3-5-18(27-9-13)21(22,23)24)6-15(12)11-31-17-7-14(19(25)29)8-26-10-17/h2-10H,11H2,1H3,(H2,25,29)(H,28,30). The number of nitrogens with zero attached hydrogens (tertiary/aromatic N) is 2. The normalized spacial score (nSPS) is 11.1. The Bertz CT molecular complexity index is 1120. The largest absolute Gasteiger partial charge is 0.487 e. The Kier molecular flexibility index (Phi) is 6.19. The summed E-state index contributed by atoms with van der Waals surface area (Å²) in [6, 6.07) is 8.37. The number of nitrogens with two attached hydrogens (primary N) is 1. The zero-order valence-electron chi connectivity index (χ0n) is 16.2. The van der Waals surface area contributed by atoms with Crippen molar-refractivity contribution in [1.29, 1.82) is 0 Å². The smallest absolute Gasteiger partial charge is 0.433 e. The van der Waals surface area contributed by atoms with Crippen LogP contribution >= 0.6 is 0 Å². The SMILES string of the molecule is Cc1ccc(NC(=O)c2ccc(C(F)(F)F)nc2)cc1COc1cncc(C(N)=O)c1. The molecule has 2 aromatic heterocycles. The van der Waals surface area contributed by atoms with Gasteiger partial charge in [0.1, 0.15) is 18.1 Å². The van der Waals surface area contributed by atoms with Gasteiger partial charge in [0.2, 0.25) is 5.91 Å². The number of alkyl halides is 3. The summed E-state index contributed by atoms with van der Waals surface area (Å²) in [7, 11) is 0. The minimum Gasteiger partial charge on any atom is -0.487 e. The van der Waals surface area contributed by atoms with Gasteiger partial charge in [-0.15, -0.1) is 0 Å². The monoisotopic (exact) mass is 430 g/mol. The van der Waals surface area contributed by atoms with E-state index in [2.05, 4.69) is 15.3 Å². The average molecular weight is 430 g/mol. The first-order chi connectivity index (χ1) is 14.6. The van der Waals surface area contributed by atoms with Crippen molar-refractivity contribution in [3.63, 3.8) is 0 Å². The van der Waals surface area contributed by atoms with Crippen molar-refractivity contribution < 1.29 is 27.5 Å². The molecule has 31 heavy (non-hydrogen) atoms. The predicted octanol–water partition coefficient (Wildman–Crippen LogP) is 3.73. The van der Waals surface area contributed by atoms with Gasteiger partial charge < -0.3 is 15.8 Å². The van der Waals surface area contributed by atoms with E-state index in [1.54, 1.807) is 18.2 Å². The highest BCUT2D eigenvalue weighted by atomic mass is 19.4. The number of hydrogen-bond donors (Lipinski definition) is 2. The number of amides is 2. The molecular formula is C21H17F3N4O3. The predicted molar refractivity (Wildman–Crippen MR) is 105 cm³/mol. The molecule has 0 spiro atoms. The minimum atomic E-state index is -4.58. The van der Waals surface area contributed by atoms with Crippen LogP contribution in [0.5, 0.6) is 5.75 Å². The number of hydrogen-bond acceptors (Lipinski definition) is 5. The number of pyridine rings is 2. The summed E-state index contributed by atoms with van der Waals surface area (Å²) in [5.74, 6) is -0.882. The van der Waals surface area contributed by atoms with Gasteiger partial charge in [-0.1, -0.05) is 6.07 Å². The van der Waals surface area contributed by atoms with Gasteiger partial charge >= 0.3 is 6.18 Å². The number of ether oxygens (including phenoxy) is 1. The fourth-order valence-corrected chi connectivity index (χ4v) is 2.60. The quantitative estimate of drug-likeness (QED) is 0.620. The van der Waals surface area contributed by atoms with Crippen molar-refractivity contribution in [2.75, 3.05) is 5.32 Å². The second kappa shape index (κ2) is 8.82. The summed E-state index contributed by atoms with van der Waals surface area (Å²) in [5.41, 5.74) is 6.40. The highest BCUT2D eigenvalue weighted by molar-refractivity contribution is 6.04. The van der Waals surface area contributed by atoms with Gasteiger partial charge in [0, 0.05) is 18.1 Å². The van der Waals surface area contributed by atoms with Gasteiger partial charge in [0.05, 0.1) is 17.3 Å². The average Bonchev–Trinajstić information content (AvgIpc) is 2.73. The van der Waals surface area contributed by atoms with Crippen molar-refractivity contribution in [3.8, 4) is 5.75 Å². The van der Waals surface area contributed by atoms with Crippen LogP contribution in [0.25, 0.3) is 0 Å². The molecular weight excluding hydrogens is 413 g/mol. The Labute approximate surface area is 175 Å². The Morgan fingerprint density at radius 3 is 2.48 bits per heavy atom. The summed E-state index contributed by atoms with van der Waals surface area (Å²) in [5, 5.41) is 2.62. The van der Waals surface area contributed by atoms with Gasteiger partial charge in [-0.2, -0.15) is 13.2 Å². The number of carbonyl (C=O) groups excluding carboxylic acids is 2. The maximum absolute atomic E-state index is 12.6. The summed E-state index contributed by atoms with van der Waals surface area (Å²) in [4.78, 5) is 30.8. The minimum absolute atomic E-state index is 0.0132. The summed E-state index contributed by atoms with van der Waals surface area (Å²) in [6.07, 6.45) is -0.944. The van der Waals surface area contributed by atoms with Crippen molar-refractivity contribution in [2.45, 2.75) is 19.7 Å². The Morgan fingerprint density at radius 2 is 1.84 bits per heavy atom. The van der Waals surface area contributed by atoms with Gasteiger partial charge in [-0.25, -0.2) is 0 Å². The number of primary amides is 1. The van der Waals surface area contributed by atoms with E-state index in [1.807, 2.05) is 6.92 Å². The summed E-state index contributed by atoms with van der Waals surface area (Å²) >= 11 is 0. The molecule has 0 aliphatic rings. The van der Waals surface area contributed by atoms with Crippen LogP contribution in [0.15, 0.2) is 55.0 Å². The van der Waals surface area contributed by atoms with E-state index in [9.17, 15) is 22.8 Å². The van der Waals surface area contributed by atoms with Gasteiger partial charge in [0.15, 0.2) is 0 Å². The molecule has 0 aliphatic heterocycles. The Morgan fingerprint density at radius 1 is 1.06 bits per heavy atom. The topological polar surface area (TPSA) is 107 Å². The molecule has 3 rings (SSSR count). The lowest BCUT2D eigenvalue weighted by Gasteiger charge is -2.12. The number of nitrogens with one attached hydrogen (secondary N) is 1. The fraction of sp³-hybridized carbons (Fsp3) is 0.143. The van der Waals surface area contributed by atoms with Crippen molar-refractivity contribution in [2.24, 2.45) is 5.73 Å². The molecule has 0 bridgehead atoms. The molecule has 0 radical (unpaired) electrons. The molecule has 2 amide bonds. The Balaban J connectivity index is 1.70. The van der Waals surface area contributed by atoms with Crippen molar-refractivity contribution in [3.05, 3.63) is 82.9 Å². The van der Waals surface area contributed by atoms with Crippen LogP contribution < -0.4 is 15.8 Å².